The molecule has 0 saturated carbocycles. The van der Waals surface area contributed by atoms with Crippen molar-refractivity contribution in [2.75, 3.05) is 31.1 Å². The first-order valence-electron chi connectivity index (χ1n) is 8.68. The minimum Gasteiger partial charge on any atom is -0.481 e. The summed E-state index contributed by atoms with van der Waals surface area (Å²) in [7, 11) is 0. The van der Waals surface area contributed by atoms with Crippen LogP contribution in [0.1, 0.15) is 13.3 Å². The highest BCUT2D eigenvalue weighted by Crippen LogP contribution is 2.20. The molecule has 1 saturated heterocycles. The fourth-order valence-corrected chi connectivity index (χ4v) is 3.14. The van der Waals surface area contributed by atoms with Crippen molar-refractivity contribution in [2.24, 2.45) is 0 Å². The molecule has 5 heteroatoms. The highest BCUT2D eigenvalue weighted by molar-refractivity contribution is 6.30. The highest BCUT2D eigenvalue weighted by Gasteiger charge is 2.27. The monoisotopic (exact) mass is 358 g/mol. The molecule has 1 fully saturated rings. The minimum absolute atomic E-state index is 0.0714. The highest BCUT2D eigenvalue weighted by atomic mass is 35.5. The van der Waals surface area contributed by atoms with Crippen molar-refractivity contribution in [3.63, 3.8) is 0 Å². The number of rotatable bonds is 5. The molecule has 0 bridgehead atoms. The molecule has 1 atom stereocenters. The van der Waals surface area contributed by atoms with Crippen molar-refractivity contribution in [1.29, 1.82) is 0 Å². The average Bonchev–Trinajstić information content (AvgIpc) is 2.67. The fourth-order valence-electron chi connectivity index (χ4n) is 3.01. The van der Waals surface area contributed by atoms with E-state index in [0.29, 0.717) is 19.5 Å². The van der Waals surface area contributed by atoms with Crippen molar-refractivity contribution in [3.05, 3.63) is 59.6 Å². The summed E-state index contributed by atoms with van der Waals surface area (Å²) < 4.78 is 5.88. The lowest BCUT2D eigenvalue weighted by molar-refractivity contribution is -0.139. The molecular formula is C20H23ClN2O2. The number of hydrogen-bond acceptors (Lipinski definition) is 3. The van der Waals surface area contributed by atoms with Gasteiger partial charge in [0.15, 0.2) is 6.10 Å². The number of ether oxygens (including phenoxy) is 1. The molecule has 25 heavy (non-hydrogen) atoms. The van der Waals surface area contributed by atoms with Crippen molar-refractivity contribution in [3.8, 4) is 5.75 Å². The molecule has 132 valence electrons. The molecule has 2 aromatic carbocycles. The predicted molar refractivity (Wildman–Crippen MR) is 101 cm³/mol. The van der Waals surface area contributed by atoms with Gasteiger partial charge in [-0.1, -0.05) is 36.7 Å². The first-order valence-corrected chi connectivity index (χ1v) is 9.06. The Labute approximate surface area is 154 Å². The number of benzene rings is 2. The Morgan fingerprint density at radius 1 is 1.04 bits per heavy atom. The maximum Gasteiger partial charge on any atom is 0.263 e. The molecule has 0 aliphatic carbocycles. The topological polar surface area (TPSA) is 32.8 Å². The molecule has 1 aliphatic heterocycles. The summed E-state index contributed by atoms with van der Waals surface area (Å²) in [5.74, 6) is 0.810. The molecule has 1 amide bonds. The molecule has 0 N–H and O–H groups in total. The Hall–Kier alpha value is -2.20. The molecule has 4 nitrogen and oxygen atoms in total. The Morgan fingerprint density at radius 3 is 2.28 bits per heavy atom. The van der Waals surface area contributed by atoms with Gasteiger partial charge in [-0.15, -0.1) is 0 Å². The molecular weight excluding hydrogens is 336 g/mol. The summed E-state index contributed by atoms with van der Waals surface area (Å²) in [4.78, 5) is 17.0. The first kappa shape index (κ1) is 17.6. The molecule has 0 unspecified atom stereocenters. The predicted octanol–water partition coefficient (Wildman–Crippen LogP) is 3.85. The van der Waals surface area contributed by atoms with Gasteiger partial charge in [-0.25, -0.2) is 0 Å². The van der Waals surface area contributed by atoms with Crippen molar-refractivity contribution in [2.45, 2.75) is 19.4 Å². The van der Waals surface area contributed by atoms with Gasteiger partial charge in [-0.2, -0.15) is 0 Å². The molecule has 1 aliphatic rings. The van der Waals surface area contributed by atoms with Crippen molar-refractivity contribution < 1.29 is 9.53 Å². The summed E-state index contributed by atoms with van der Waals surface area (Å²) in [6.45, 7) is 5.02. The van der Waals surface area contributed by atoms with Gasteiger partial charge < -0.3 is 14.5 Å². The van der Waals surface area contributed by atoms with Gasteiger partial charge in [0.25, 0.3) is 5.91 Å². The third kappa shape index (κ3) is 4.45. The van der Waals surface area contributed by atoms with Crippen LogP contribution < -0.4 is 9.64 Å². The molecule has 0 radical (unpaired) electrons. The molecule has 0 aromatic heterocycles. The Morgan fingerprint density at radius 2 is 1.68 bits per heavy atom. The van der Waals surface area contributed by atoms with Gasteiger partial charge in [0.1, 0.15) is 5.75 Å². The summed E-state index contributed by atoms with van der Waals surface area (Å²) in [5.41, 5.74) is 1.14. The van der Waals surface area contributed by atoms with Crippen molar-refractivity contribution in [1.82, 2.24) is 4.90 Å². The lowest BCUT2D eigenvalue weighted by Crippen LogP contribution is -2.52. The van der Waals surface area contributed by atoms with Gasteiger partial charge >= 0.3 is 0 Å². The van der Waals surface area contributed by atoms with E-state index in [9.17, 15) is 4.79 Å². The van der Waals surface area contributed by atoms with E-state index in [0.717, 1.165) is 29.5 Å². The van der Waals surface area contributed by atoms with E-state index >= 15 is 0 Å². The number of anilines is 1. The second-order valence-corrected chi connectivity index (χ2v) is 6.55. The average molecular weight is 359 g/mol. The maximum atomic E-state index is 12.8. The van der Waals surface area contributed by atoms with E-state index < -0.39 is 6.10 Å². The normalized spacial score (nSPS) is 15.8. The number of para-hydroxylation sites is 1. The number of hydrogen-bond donors (Lipinski definition) is 0. The van der Waals surface area contributed by atoms with Crippen LogP contribution in [0, 0.1) is 0 Å². The van der Waals surface area contributed by atoms with E-state index in [1.807, 2.05) is 66.4 Å². The number of carbonyl (C=O) groups is 1. The van der Waals surface area contributed by atoms with Crippen molar-refractivity contribution >= 4 is 23.2 Å². The zero-order chi connectivity index (χ0) is 17.6. The lowest BCUT2D eigenvalue weighted by atomic mass is 10.2. The third-order valence-corrected chi connectivity index (χ3v) is 4.70. The number of amides is 1. The van der Waals surface area contributed by atoms with E-state index in [-0.39, 0.29) is 5.91 Å². The summed E-state index contributed by atoms with van der Waals surface area (Å²) in [6.07, 6.45) is 0.231. The number of carbonyl (C=O) groups excluding carboxylic acids is 1. The second kappa shape index (κ2) is 8.26. The Bertz CT molecular complexity index is 683. The van der Waals surface area contributed by atoms with E-state index in [4.69, 9.17) is 16.3 Å². The standard InChI is InChI=1S/C20H23ClN2O2/c1-2-19(25-18-6-4-3-5-7-18)20(24)23-14-12-22(13-15-23)17-10-8-16(21)9-11-17/h3-11,19H,2,12-15H2,1H3/t19-/m0/s1. The van der Waals surface area contributed by atoms with Crippen LogP contribution >= 0.6 is 11.6 Å². The summed E-state index contributed by atoms with van der Waals surface area (Å²) in [5, 5.41) is 0.737. The lowest BCUT2D eigenvalue weighted by Gasteiger charge is -2.37. The minimum atomic E-state index is -0.426. The van der Waals surface area contributed by atoms with E-state index in [1.165, 1.54) is 0 Å². The quantitative estimate of drug-likeness (QED) is 0.814. The van der Waals surface area contributed by atoms with Gasteiger partial charge in [0.05, 0.1) is 0 Å². The van der Waals surface area contributed by atoms with Crippen LogP contribution in [0.3, 0.4) is 0 Å². The van der Waals surface area contributed by atoms with Crippen LogP contribution in [0.4, 0.5) is 5.69 Å². The van der Waals surface area contributed by atoms with Crippen LogP contribution in [0.2, 0.25) is 5.02 Å². The van der Waals surface area contributed by atoms with Gasteiger partial charge in [0.2, 0.25) is 0 Å². The largest absolute Gasteiger partial charge is 0.481 e. The fraction of sp³-hybridized carbons (Fsp3) is 0.350. The molecule has 1 heterocycles. The van der Waals surface area contributed by atoms with Crippen LogP contribution in [0.5, 0.6) is 5.75 Å². The zero-order valence-electron chi connectivity index (χ0n) is 14.4. The van der Waals surface area contributed by atoms with Crippen LogP contribution in [-0.2, 0) is 4.79 Å². The molecule has 3 rings (SSSR count). The van der Waals surface area contributed by atoms with Gasteiger partial charge in [0, 0.05) is 36.9 Å². The third-order valence-electron chi connectivity index (χ3n) is 4.45. The van der Waals surface area contributed by atoms with Crippen LogP contribution in [-0.4, -0.2) is 43.1 Å². The smallest absolute Gasteiger partial charge is 0.263 e. The van der Waals surface area contributed by atoms with Crippen LogP contribution in [0.25, 0.3) is 0 Å². The molecule has 2 aromatic rings. The summed E-state index contributed by atoms with van der Waals surface area (Å²) >= 11 is 5.95. The van der Waals surface area contributed by atoms with E-state index in [1.54, 1.807) is 0 Å². The zero-order valence-corrected chi connectivity index (χ0v) is 15.2. The SMILES string of the molecule is CC[C@H](Oc1ccccc1)C(=O)N1CCN(c2ccc(Cl)cc2)CC1. The maximum absolute atomic E-state index is 12.8. The van der Waals surface area contributed by atoms with Gasteiger partial charge in [-0.3, -0.25) is 4.79 Å². The number of halogens is 1. The Balaban J connectivity index is 1.57. The van der Waals surface area contributed by atoms with Gasteiger partial charge in [-0.05, 0) is 42.8 Å². The number of piperazine rings is 1. The summed E-state index contributed by atoms with van der Waals surface area (Å²) in [6, 6.07) is 17.4. The van der Waals surface area contributed by atoms with Crippen LogP contribution in [0.15, 0.2) is 54.6 Å². The first-order chi connectivity index (χ1) is 12.2. The second-order valence-electron chi connectivity index (χ2n) is 6.12. The Kier molecular flexibility index (Phi) is 5.82. The number of nitrogens with zero attached hydrogens (tertiary/aromatic N) is 2. The molecule has 0 spiro atoms. The van der Waals surface area contributed by atoms with E-state index in [2.05, 4.69) is 4.90 Å².